The molecule has 3 N–H and O–H groups in total. The van der Waals surface area contributed by atoms with E-state index in [1.807, 2.05) is 11.9 Å². The van der Waals surface area contributed by atoms with Crippen LogP contribution in [0.25, 0.3) is 10.9 Å². The van der Waals surface area contributed by atoms with Gasteiger partial charge in [0.15, 0.2) is 0 Å². The molecule has 2 aromatic rings. The van der Waals surface area contributed by atoms with Crippen molar-refractivity contribution in [3.63, 3.8) is 0 Å². The van der Waals surface area contributed by atoms with Gasteiger partial charge >= 0.3 is 5.97 Å². The van der Waals surface area contributed by atoms with Crippen LogP contribution in [0.15, 0.2) is 17.1 Å². The number of nitrogens with zero attached hydrogens (tertiary/aromatic N) is 2. The quantitative estimate of drug-likeness (QED) is 0.781. The molecule has 1 saturated heterocycles. The Hall–Kier alpha value is -2.61. The molecule has 0 atom stereocenters. The van der Waals surface area contributed by atoms with Gasteiger partial charge in [-0.2, -0.15) is 0 Å². The predicted octanol–water partition coefficient (Wildman–Crippen LogP) is 1.16. The molecule has 0 amide bonds. The van der Waals surface area contributed by atoms with Gasteiger partial charge in [-0.1, -0.05) is 0 Å². The third kappa shape index (κ3) is 2.58. The Bertz CT molecular complexity index is 857. The summed E-state index contributed by atoms with van der Waals surface area (Å²) in [5, 5.41) is 12.0. The van der Waals surface area contributed by atoms with Crippen LogP contribution in [0.2, 0.25) is 0 Å². The third-order valence-corrected chi connectivity index (χ3v) is 4.40. The Morgan fingerprint density at radius 1 is 1.33 bits per heavy atom. The molecule has 1 aliphatic heterocycles. The summed E-state index contributed by atoms with van der Waals surface area (Å²) >= 11 is 0. The average molecular weight is 334 g/mol. The fourth-order valence-corrected chi connectivity index (χ4v) is 3.07. The van der Waals surface area contributed by atoms with E-state index in [9.17, 15) is 14.0 Å². The second-order valence-corrected chi connectivity index (χ2v) is 5.88. The van der Waals surface area contributed by atoms with E-state index in [1.165, 1.54) is 0 Å². The Morgan fingerprint density at radius 2 is 2.00 bits per heavy atom. The van der Waals surface area contributed by atoms with Crippen molar-refractivity contribution in [3.05, 3.63) is 33.9 Å². The smallest absolute Gasteiger partial charge is 0.341 e. The maximum Gasteiger partial charge on any atom is 0.341 e. The van der Waals surface area contributed by atoms with Crippen molar-refractivity contribution in [2.24, 2.45) is 0 Å². The molecule has 1 aliphatic rings. The van der Waals surface area contributed by atoms with Crippen LogP contribution in [0, 0.1) is 5.82 Å². The van der Waals surface area contributed by atoms with E-state index >= 15 is 0 Å². The van der Waals surface area contributed by atoms with Crippen LogP contribution in [0.4, 0.5) is 15.8 Å². The Kier molecular flexibility index (Phi) is 4.15. The van der Waals surface area contributed by atoms with Crippen LogP contribution in [-0.4, -0.2) is 61.2 Å². The SMILES string of the molecule is CNc1c(N2CCN(C)CC2)c(F)cc2c(=O)c(C(=O)O)c[nH]c12. The average Bonchev–Trinajstić information content (AvgIpc) is 2.55. The number of benzene rings is 1. The first kappa shape index (κ1) is 16.3. The molecule has 7 nitrogen and oxygen atoms in total. The van der Waals surface area contributed by atoms with E-state index in [2.05, 4.69) is 15.2 Å². The van der Waals surface area contributed by atoms with Gasteiger partial charge in [0.2, 0.25) is 5.43 Å². The zero-order valence-electron chi connectivity index (χ0n) is 13.5. The van der Waals surface area contributed by atoms with E-state index in [1.54, 1.807) is 7.05 Å². The maximum atomic E-state index is 14.8. The molecule has 0 bridgehead atoms. The van der Waals surface area contributed by atoms with Gasteiger partial charge < -0.3 is 25.2 Å². The maximum absolute atomic E-state index is 14.8. The van der Waals surface area contributed by atoms with Gasteiger partial charge in [0.1, 0.15) is 11.4 Å². The number of carboxylic acids is 1. The minimum Gasteiger partial charge on any atom is -0.477 e. The van der Waals surface area contributed by atoms with E-state index in [0.29, 0.717) is 30.0 Å². The highest BCUT2D eigenvalue weighted by Crippen LogP contribution is 2.35. The highest BCUT2D eigenvalue weighted by atomic mass is 19.1. The normalized spacial score (nSPS) is 15.7. The molecule has 128 valence electrons. The number of carboxylic acid groups (broad SMARTS) is 1. The van der Waals surface area contributed by atoms with Crippen LogP contribution < -0.4 is 15.6 Å². The van der Waals surface area contributed by atoms with Crippen molar-refractivity contribution in [2.75, 3.05) is 50.5 Å². The lowest BCUT2D eigenvalue weighted by Gasteiger charge is -2.35. The van der Waals surface area contributed by atoms with Gasteiger partial charge in [0.05, 0.1) is 22.3 Å². The van der Waals surface area contributed by atoms with Gasteiger partial charge in [0, 0.05) is 39.4 Å². The lowest BCUT2D eigenvalue weighted by atomic mass is 10.1. The third-order valence-electron chi connectivity index (χ3n) is 4.40. The van der Waals surface area contributed by atoms with Crippen LogP contribution >= 0.6 is 0 Å². The van der Waals surface area contributed by atoms with E-state index < -0.39 is 22.8 Å². The standard InChI is InChI=1S/C16H19FN4O3/c1-18-13-12-9(15(22)10(8-19-12)16(23)24)7-11(17)14(13)21-5-3-20(2)4-6-21/h7-8,18H,3-6H2,1-2H3,(H,19,22)(H,23,24). The number of aromatic amines is 1. The fraction of sp³-hybridized carbons (Fsp3) is 0.375. The zero-order chi connectivity index (χ0) is 17.4. The second-order valence-electron chi connectivity index (χ2n) is 5.88. The summed E-state index contributed by atoms with van der Waals surface area (Å²) in [5.74, 6) is -1.88. The highest BCUT2D eigenvalue weighted by molar-refractivity contribution is 6.00. The molecular weight excluding hydrogens is 315 g/mol. The van der Waals surface area contributed by atoms with Crippen molar-refractivity contribution in [1.29, 1.82) is 0 Å². The largest absolute Gasteiger partial charge is 0.477 e. The van der Waals surface area contributed by atoms with Crippen molar-refractivity contribution >= 4 is 28.2 Å². The molecule has 1 aromatic carbocycles. The Labute approximate surface area is 137 Å². The number of halogens is 1. The Balaban J connectivity index is 2.21. The minimum absolute atomic E-state index is 0.0228. The summed E-state index contributed by atoms with van der Waals surface area (Å²) in [7, 11) is 3.66. The zero-order valence-corrected chi connectivity index (χ0v) is 13.5. The van der Waals surface area contributed by atoms with Crippen LogP contribution in [-0.2, 0) is 0 Å². The number of piperazine rings is 1. The molecule has 3 rings (SSSR count). The number of likely N-dealkylation sites (N-methyl/N-ethyl adjacent to an activating group) is 1. The van der Waals surface area contributed by atoms with E-state index in [0.717, 1.165) is 25.4 Å². The van der Waals surface area contributed by atoms with Crippen molar-refractivity contribution in [3.8, 4) is 0 Å². The number of nitrogens with one attached hydrogen (secondary N) is 2. The molecule has 1 aromatic heterocycles. The lowest BCUT2D eigenvalue weighted by Crippen LogP contribution is -2.45. The number of pyridine rings is 1. The van der Waals surface area contributed by atoms with Crippen molar-refractivity contribution in [1.82, 2.24) is 9.88 Å². The highest BCUT2D eigenvalue weighted by Gasteiger charge is 2.24. The van der Waals surface area contributed by atoms with Gasteiger partial charge in [-0.05, 0) is 13.1 Å². The number of anilines is 2. The number of fused-ring (bicyclic) bond motifs is 1. The van der Waals surface area contributed by atoms with Gasteiger partial charge in [-0.25, -0.2) is 9.18 Å². The fourth-order valence-electron chi connectivity index (χ4n) is 3.07. The number of aromatic carboxylic acids is 1. The molecule has 0 spiro atoms. The monoisotopic (exact) mass is 334 g/mol. The predicted molar refractivity (Wildman–Crippen MR) is 90.7 cm³/mol. The summed E-state index contributed by atoms with van der Waals surface area (Å²) < 4.78 is 14.8. The van der Waals surface area contributed by atoms with Gasteiger partial charge in [-0.15, -0.1) is 0 Å². The van der Waals surface area contributed by atoms with E-state index in [4.69, 9.17) is 5.11 Å². The molecule has 0 unspecified atom stereocenters. The molecule has 24 heavy (non-hydrogen) atoms. The number of rotatable bonds is 3. The first-order valence-corrected chi connectivity index (χ1v) is 7.66. The summed E-state index contributed by atoms with van der Waals surface area (Å²) in [6, 6.07) is 1.12. The topological polar surface area (TPSA) is 88.7 Å². The number of hydrogen-bond donors (Lipinski definition) is 3. The second kappa shape index (κ2) is 6.12. The first-order valence-electron chi connectivity index (χ1n) is 7.66. The molecule has 8 heteroatoms. The number of aromatic nitrogens is 1. The molecule has 0 radical (unpaired) electrons. The number of carbonyl (C=O) groups is 1. The van der Waals surface area contributed by atoms with Gasteiger partial charge in [-0.3, -0.25) is 4.79 Å². The first-order chi connectivity index (χ1) is 11.4. The summed E-state index contributed by atoms with van der Waals surface area (Å²) in [6.07, 6.45) is 1.15. The molecule has 1 fully saturated rings. The lowest BCUT2D eigenvalue weighted by molar-refractivity contribution is 0.0695. The molecule has 2 heterocycles. The minimum atomic E-state index is -1.34. The molecule has 0 saturated carbocycles. The van der Waals surface area contributed by atoms with Crippen molar-refractivity contribution in [2.45, 2.75) is 0 Å². The van der Waals surface area contributed by atoms with Gasteiger partial charge in [0.25, 0.3) is 0 Å². The number of hydrogen-bond acceptors (Lipinski definition) is 5. The van der Waals surface area contributed by atoms with Crippen LogP contribution in [0.5, 0.6) is 0 Å². The van der Waals surface area contributed by atoms with E-state index in [-0.39, 0.29) is 5.39 Å². The summed E-state index contributed by atoms with van der Waals surface area (Å²) in [4.78, 5) is 30.3. The van der Waals surface area contributed by atoms with Crippen LogP contribution in [0.3, 0.4) is 0 Å². The van der Waals surface area contributed by atoms with Crippen LogP contribution in [0.1, 0.15) is 10.4 Å². The molecular formula is C16H19FN4O3. The molecule has 0 aliphatic carbocycles. The summed E-state index contributed by atoms with van der Waals surface area (Å²) in [6.45, 7) is 2.97. The summed E-state index contributed by atoms with van der Waals surface area (Å²) in [5.41, 5.74) is 0.163. The van der Waals surface area contributed by atoms with Crippen molar-refractivity contribution < 1.29 is 14.3 Å². The number of H-pyrrole nitrogens is 1. The Morgan fingerprint density at radius 3 is 2.58 bits per heavy atom.